The molecule has 0 amide bonds. The molecular formula is C21H29N. The van der Waals surface area contributed by atoms with Crippen molar-refractivity contribution in [1.29, 1.82) is 0 Å². The fraction of sp³-hybridized carbons (Fsp3) is 0.714. The molecule has 0 N–H and O–H groups in total. The maximum absolute atomic E-state index is 2.82. The molecule has 0 radical (unpaired) electrons. The van der Waals surface area contributed by atoms with Crippen LogP contribution in [0.4, 0.5) is 0 Å². The molecule has 2 saturated carbocycles. The number of hydrogen-bond donors (Lipinski definition) is 0. The molecule has 3 fully saturated rings. The van der Waals surface area contributed by atoms with E-state index in [1.807, 2.05) is 0 Å². The third kappa shape index (κ3) is 2.08. The molecule has 4 aliphatic rings. The summed E-state index contributed by atoms with van der Waals surface area (Å²) in [6.45, 7) is 4.11. The third-order valence-electron chi connectivity index (χ3n) is 7.65. The molecule has 22 heavy (non-hydrogen) atoms. The Morgan fingerprint density at radius 3 is 2.64 bits per heavy atom. The van der Waals surface area contributed by atoms with Crippen molar-refractivity contribution in [3.8, 4) is 0 Å². The summed E-state index contributed by atoms with van der Waals surface area (Å²) in [7, 11) is 0. The van der Waals surface area contributed by atoms with Crippen LogP contribution in [0.25, 0.3) is 0 Å². The zero-order valence-corrected chi connectivity index (χ0v) is 13.8. The Bertz CT molecular complexity index is 555. The molecule has 1 aromatic carbocycles. The van der Waals surface area contributed by atoms with Gasteiger partial charge in [-0.15, -0.1) is 0 Å². The highest BCUT2D eigenvalue weighted by molar-refractivity contribution is 5.39. The highest BCUT2D eigenvalue weighted by Gasteiger charge is 2.43. The summed E-state index contributed by atoms with van der Waals surface area (Å²) in [5.74, 6) is 3.24. The van der Waals surface area contributed by atoms with Gasteiger partial charge in [0, 0.05) is 6.54 Å². The van der Waals surface area contributed by atoms with Crippen molar-refractivity contribution in [3.05, 3.63) is 35.4 Å². The van der Waals surface area contributed by atoms with Gasteiger partial charge in [0.25, 0.3) is 0 Å². The minimum atomic E-state index is 0.543. The minimum Gasteiger partial charge on any atom is -0.303 e. The van der Waals surface area contributed by atoms with E-state index >= 15 is 0 Å². The molecule has 3 atom stereocenters. The second-order valence-electron chi connectivity index (χ2n) is 8.67. The van der Waals surface area contributed by atoms with Crippen LogP contribution >= 0.6 is 0 Å². The lowest BCUT2D eigenvalue weighted by Crippen LogP contribution is -2.43. The zero-order valence-electron chi connectivity index (χ0n) is 13.8. The number of rotatable bonds is 2. The van der Waals surface area contributed by atoms with E-state index in [9.17, 15) is 0 Å². The maximum Gasteiger partial charge on any atom is 0.00124 e. The minimum absolute atomic E-state index is 0.543. The van der Waals surface area contributed by atoms with Crippen molar-refractivity contribution in [3.63, 3.8) is 0 Å². The van der Waals surface area contributed by atoms with E-state index in [0.29, 0.717) is 5.41 Å². The molecule has 1 nitrogen and oxygen atoms in total. The molecule has 1 heteroatoms. The zero-order chi connectivity index (χ0) is 14.6. The van der Waals surface area contributed by atoms with Gasteiger partial charge in [0.2, 0.25) is 0 Å². The lowest BCUT2D eigenvalue weighted by molar-refractivity contribution is 0.123. The monoisotopic (exact) mass is 295 g/mol. The Labute approximate surface area is 135 Å². The molecule has 0 unspecified atom stereocenters. The van der Waals surface area contributed by atoms with Crippen LogP contribution in [0.5, 0.6) is 0 Å². The van der Waals surface area contributed by atoms with E-state index in [-0.39, 0.29) is 0 Å². The second-order valence-corrected chi connectivity index (χ2v) is 8.67. The number of fused-ring (bicyclic) bond motifs is 4. The van der Waals surface area contributed by atoms with Gasteiger partial charge in [-0.2, -0.15) is 0 Å². The van der Waals surface area contributed by atoms with Crippen molar-refractivity contribution < 1.29 is 0 Å². The molecule has 1 aromatic rings. The fourth-order valence-corrected chi connectivity index (χ4v) is 6.38. The summed E-state index contributed by atoms with van der Waals surface area (Å²) < 4.78 is 0. The smallest absolute Gasteiger partial charge is 0.00124 e. The van der Waals surface area contributed by atoms with Gasteiger partial charge < -0.3 is 4.90 Å². The summed E-state index contributed by atoms with van der Waals surface area (Å²) in [6, 6.07) is 9.27. The first-order valence-corrected chi connectivity index (χ1v) is 9.63. The van der Waals surface area contributed by atoms with Gasteiger partial charge in [-0.3, -0.25) is 0 Å². The van der Waals surface area contributed by atoms with E-state index in [1.54, 1.807) is 36.8 Å². The lowest BCUT2D eigenvalue weighted by Gasteiger charge is -2.41. The van der Waals surface area contributed by atoms with Crippen LogP contribution in [0.15, 0.2) is 24.3 Å². The van der Waals surface area contributed by atoms with Crippen molar-refractivity contribution in [1.82, 2.24) is 4.90 Å². The van der Waals surface area contributed by atoms with Crippen LogP contribution < -0.4 is 0 Å². The van der Waals surface area contributed by atoms with E-state index in [1.165, 1.54) is 45.3 Å². The molecule has 1 aliphatic heterocycles. The van der Waals surface area contributed by atoms with Crippen LogP contribution in [0, 0.1) is 17.8 Å². The largest absolute Gasteiger partial charge is 0.303 e. The van der Waals surface area contributed by atoms with Crippen LogP contribution in [0.3, 0.4) is 0 Å². The SMILES string of the molecule is c1ccc2c(c1)CCC21CCN(C[C@H]2C[C@H]3CC[C@H]2C3)CC1. The van der Waals surface area contributed by atoms with E-state index in [2.05, 4.69) is 29.2 Å². The van der Waals surface area contributed by atoms with Crippen LogP contribution in [0.1, 0.15) is 56.1 Å². The summed E-state index contributed by atoms with van der Waals surface area (Å²) in [6.07, 6.45) is 11.7. The third-order valence-corrected chi connectivity index (χ3v) is 7.65. The molecule has 5 rings (SSSR count). The van der Waals surface area contributed by atoms with Gasteiger partial charge in [-0.25, -0.2) is 0 Å². The summed E-state index contributed by atoms with van der Waals surface area (Å²) in [4.78, 5) is 2.82. The van der Waals surface area contributed by atoms with Crippen LogP contribution in [-0.2, 0) is 11.8 Å². The highest BCUT2D eigenvalue weighted by Crippen LogP contribution is 2.50. The van der Waals surface area contributed by atoms with Gasteiger partial charge in [0.15, 0.2) is 0 Å². The molecule has 3 aliphatic carbocycles. The van der Waals surface area contributed by atoms with Gasteiger partial charge >= 0.3 is 0 Å². The first kappa shape index (κ1) is 13.6. The predicted molar refractivity (Wildman–Crippen MR) is 91.1 cm³/mol. The maximum atomic E-state index is 2.82. The summed E-state index contributed by atoms with van der Waals surface area (Å²) in [5, 5.41) is 0. The topological polar surface area (TPSA) is 3.24 Å². The van der Waals surface area contributed by atoms with Crippen molar-refractivity contribution in [2.24, 2.45) is 17.8 Å². The molecule has 118 valence electrons. The summed E-state index contributed by atoms with van der Waals surface area (Å²) in [5.41, 5.74) is 3.89. The Morgan fingerprint density at radius 1 is 1.00 bits per heavy atom. The predicted octanol–water partition coefficient (Wildman–Crippen LogP) is 4.40. The molecule has 2 bridgehead atoms. The summed E-state index contributed by atoms with van der Waals surface area (Å²) >= 11 is 0. The fourth-order valence-electron chi connectivity index (χ4n) is 6.38. The first-order chi connectivity index (χ1) is 10.8. The first-order valence-electron chi connectivity index (χ1n) is 9.63. The van der Waals surface area contributed by atoms with Crippen molar-refractivity contribution in [2.45, 2.75) is 56.8 Å². The molecular weight excluding hydrogens is 266 g/mol. The van der Waals surface area contributed by atoms with Crippen LogP contribution in [-0.4, -0.2) is 24.5 Å². The number of piperidine rings is 1. The second kappa shape index (κ2) is 5.09. The Kier molecular flexibility index (Phi) is 3.15. The van der Waals surface area contributed by atoms with E-state index in [0.717, 1.165) is 17.8 Å². The number of nitrogens with zero attached hydrogens (tertiary/aromatic N) is 1. The molecule has 1 saturated heterocycles. The normalized spacial score (nSPS) is 36.1. The van der Waals surface area contributed by atoms with Gasteiger partial charge in [-0.1, -0.05) is 30.7 Å². The average Bonchev–Trinajstić information content (AvgIpc) is 3.25. The van der Waals surface area contributed by atoms with Crippen LogP contribution in [0.2, 0.25) is 0 Å². The lowest BCUT2D eigenvalue weighted by atomic mass is 9.73. The molecule has 0 aromatic heterocycles. The number of hydrogen-bond acceptors (Lipinski definition) is 1. The van der Waals surface area contributed by atoms with E-state index < -0.39 is 0 Å². The average molecular weight is 295 g/mol. The Hall–Kier alpha value is -0.820. The van der Waals surface area contributed by atoms with Gasteiger partial charge in [-0.05, 0) is 92.3 Å². The number of benzene rings is 1. The molecule has 1 heterocycles. The Balaban J connectivity index is 1.24. The molecule has 1 spiro atoms. The van der Waals surface area contributed by atoms with E-state index in [4.69, 9.17) is 0 Å². The van der Waals surface area contributed by atoms with Gasteiger partial charge in [0.05, 0.1) is 0 Å². The standard InChI is InChI=1S/C21H29N/c1-2-4-20-17(3-1)7-8-21(20)9-11-22(12-10-21)15-19-14-16-5-6-18(19)13-16/h1-4,16,18-19H,5-15H2/t16-,18-,19+/m0/s1. The quantitative estimate of drug-likeness (QED) is 0.781. The van der Waals surface area contributed by atoms with Crippen molar-refractivity contribution in [2.75, 3.05) is 19.6 Å². The highest BCUT2D eigenvalue weighted by atomic mass is 15.1. The van der Waals surface area contributed by atoms with Crippen molar-refractivity contribution >= 4 is 0 Å². The number of likely N-dealkylation sites (tertiary alicyclic amines) is 1. The number of aryl methyl sites for hydroxylation is 1. The Morgan fingerprint density at radius 2 is 1.86 bits per heavy atom. The van der Waals surface area contributed by atoms with Gasteiger partial charge in [0.1, 0.15) is 0 Å².